The van der Waals surface area contributed by atoms with E-state index in [4.69, 9.17) is 14.2 Å². The number of esters is 2. The molecule has 5 rings (SSSR count). The lowest BCUT2D eigenvalue weighted by atomic mass is 9.54. The summed E-state index contributed by atoms with van der Waals surface area (Å²) in [6.07, 6.45) is -0.708. The summed E-state index contributed by atoms with van der Waals surface area (Å²) in [5.41, 5.74) is -0.311. The van der Waals surface area contributed by atoms with Crippen molar-refractivity contribution in [2.75, 3.05) is 13.6 Å². The van der Waals surface area contributed by atoms with Gasteiger partial charge in [0.25, 0.3) is 0 Å². The molecule has 0 saturated heterocycles. The third-order valence-corrected chi connectivity index (χ3v) is 8.61. The van der Waals surface area contributed by atoms with Crippen LogP contribution in [-0.2, 0) is 35.7 Å². The van der Waals surface area contributed by atoms with E-state index < -0.39 is 41.1 Å². The Morgan fingerprint density at radius 1 is 1.12 bits per heavy atom. The van der Waals surface area contributed by atoms with Crippen molar-refractivity contribution in [3.63, 3.8) is 0 Å². The minimum Gasteiger partial charge on any atom is -0.504 e. The zero-order chi connectivity index (χ0) is 28.8. The van der Waals surface area contributed by atoms with E-state index >= 15 is 0 Å². The van der Waals surface area contributed by atoms with Gasteiger partial charge in [0, 0.05) is 23.6 Å². The predicted octanol–water partition coefficient (Wildman–Crippen LogP) is 3.00. The lowest BCUT2D eigenvalue weighted by Gasteiger charge is -2.56. The molecule has 0 amide bonds. The van der Waals surface area contributed by atoms with Crippen LogP contribution in [0.15, 0.2) is 54.3 Å². The monoisotopic (exact) mass is 551 g/mol. The van der Waals surface area contributed by atoms with Crippen LogP contribution in [-0.4, -0.2) is 69.5 Å². The van der Waals surface area contributed by atoms with Gasteiger partial charge in [-0.05, 0) is 44.6 Å². The van der Waals surface area contributed by atoms with Gasteiger partial charge in [-0.3, -0.25) is 9.59 Å². The fourth-order valence-electron chi connectivity index (χ4n) is 6.36. The summed E-state index contributed by atoms with van der Waals surface area (Å²) >= 11 is 0. The van der Waals surface area contributed by atoms with Gasteiger partial charge in [0.1, 0.15) is 5.76 Å². The van der Waals surface area contributed by atoms with Crippen molar-refractivity contribution in [2.24, 2.45) is 0 Å². The van der Waals surface area contributed by atoms with Crippen LogP contribution in [0.1, 0.15) is 55.9 Å². The highest BCUT2D eigenvalue weighted by Crippen LogP contribution is 2.62. The van der Waals surface area contributed by atoms with Crippen LogP contribution in [0.5, 0.6) is 11.5 Å². The number of aliphatic hydroxyl groups is 1. The van der Waals surface area contributed by atoms with E-state index in [0.29, 0.717) is 24.1 Å². The quantitative estimate of drug-likeness (QED) is 0.398. The van der Waals surface area contributed by atoms with E-state index in [0.717, 1.165) is 5.56 Å². The van der Waals surface area contributed by atoms with Gasteiger partial charge in [0.05, 0.1) is 23.9 Å². The molecule has 0 aromatic heterocycles. The minimum absolute atomic E-state index is 0.0566. The second-order valence-electron chi connectivity index (χ2n) is 10.8. The molecule has 0 bridgehead atoms. The Morgan fingerprint density at radius 3 is 2.50 bits per heavy atom. The molecule has 2 aromatic rings. The van der Waals surface area contributed by atoms with E-state index in [1.54, 1.807) is 30.3 Å². The minimum atomic E-state index is -1.49. The number of aliphatic carboxylic acids is 1. The fourth-order valence-corrected chi connectivity index (χ4v) is 6.36. The topological polar surface area (TPSA) is 143 Å². The number of carboxylic acids is 1. The summed E-state index contributed by atoms with van der Waals surface area (Å²) in [7, 11) is 1.95. The van der Waals surface area contributed by atoms with Crippen LogP contribution in [0.2, 0.25) is 0 Å². The van der Waals surface area contributed by atoms with E-state index in [2.05, 4.69) is 4.90 Å². The van der Waals surface area contributed by atoms with Crippen LogP contribution < -0.4 is 4.74 Å². The zero-order valence-corrected chi connectivity index (χ0v) is 22.6. The number of hydrogen-bond acceptors (Lipinski definition) is 9. The van der Waals surface area contributed by atoms with Gasteiger partial charge >= 0.3 is 17.9 Å². The molecule has 3 N–H and O–H groups in total. The molecule has 212 valence electrons. The van der Waals surface area contributed by atoms with Crippen LogP contribution >= 0.6 is 0 Å². The molecule has 0 spiro atoms. The summed E-state index contributed by atoms with van der Waals surface area (Å²) in [5.74, 6) is -2.50. The molecule has 0 unspecified atom stereocenters. The maximum absolute atomic E-state index is 12.8. The number of aromatic hydroxyl groups is 1. The summed E-state index contributed by atoms with van der Waals surface area (Å²) in [6, 6.07) is 11.2. The molecule has 3 aliphatic rings. The first kappa shape index (κ1) is 27.7. The Bertz CT molecular complexity index is 1370. The highest BCUT2D eigenvalue weighted by atomic mass is 16.6. The van der Waals surface area contributed by atoms with Crippen LogP contribution in [0, 0.1) is 0 Å². The van der Waals surface area contributed by atoms with Gasteiger partial charge in [-0.15, -0.1) is 0 Å². The average molecular weight is 552 g/mol. The maximum Gasteiger partial charge on any atom is 0.349 e. The van der Waals surface area contributed by atoms with Crippen molar-refractivity contribution in [1.82, 2.24) is 4.90 Å². The molecule has 2 aromatic carbocycles. The zero-order valence-electron chi connectivity index (χ0n) is 22.6. The van der Waals surface area contributed by atoms with Crippen molar-refractivity contribution in [3.8, 4) is 11.5 Å². The Labute approximate surface area is 231 Å². The first-order valence-electron chi connectivity index (χ1n) is 13.3. The number of phenolic OH excluding ortho intramolecular Hbond substituents is 1. The normalized spacial score (nSPS) is 26.8. The Morgan fingerprint density at radius 2 is 1.82 bits per heavy atom. The van der Waals surface area contributed by atoms with E-state index in [9.17, 15) is 29.7 Å². The van der Waals surface area contributed by atoms with Crippen molar-refractivity contribution in [1.29, 1.82) is 0 Å². The van der Waals surface area contributed by atoms with E-state index in [-0.39, 0.29) is 42.6 Å². The van der Waals surface area contributed by atoms with Gasteiger partial charge in [-0.2, -0.15) is 0 Å². The SMILES string of the molecule is CCN(C)[C@@H]1Cc2ccc(O)c3c2[C@@]2(C)[C@@H](O3)C(OC(=O)CCC(=O)O[C@H](C(=O)O)c3ccccc3)=CC[C@@]12O. The van der Waals surface area contributed by atoms with Crippen molar-refractivity contribution < 1.29 is 43.9 Å². The number of rotatable bonds is 9. The van der Waals surface area contributed by atoms with Gasteiger partial charge in [-0.25, -0.2) is 4.79 Å². The lowest BCUT2D eigenvalue weighted by Crippen LogP contribution is -2.69. The number of hydrogen-bond donors (Lipinski definition) is 3. The molecule has 0 saturated carbocycles. The summed E-state index contributed by atoms with van der Waals surface area (Å²) in [6.45, 7) is 4.60. The Kier molecular flexibility index (Phi) is 7.09. The number of likely N-dealkylation sites (N-methyl/N-ethyl adjacent to an activating group) is 1. The largest absolute Gasteiger partial charge is 0.504 e. The molecule has 5 atom stereocenters. The van der Waals surface area contributed by atoms with Crippen molar-refractivity contribution in [3.05, 3.63) is 71.0 Å². The molecule has 40 heavy (non-hydrogen) atoms. The van der Waals surface area contributed by atoms with Crippen molar-refractivity contribution >= 4 is 17.9 Å². The second kappa shape index (κ2) is 10.3. The number of carboxylic acid groups (broad SMARTS) is 1. The van der Waals surface area contributed by atoms with Crippen LogP contribution in [0.25, 0.3) is 0 Å². The third kappa shape index (κ3) is 4.31. The molecule has 1 aliphatic heterocycles. The summed E-state index contributed by atoms with van der Waals surface area (Å²) in [4.78, 5) is 39.0. The number of ether oxygens (including phenoxy) is 3. The highest BCUT2D eigenvalue weighted by molar-refractivity contribution is 5.82. The van der Waals surface area contributed by atoms with Crippen LogP contribution in [0.3, 0.4) is 0 Å². The maximum atomic E-state index is 12.8. The fraction of sp³-hybridized carbons (Fsp3) is 0.433. The first-order chi connectivity index (χ1) is 19.0. The smallest absolute Gasteiger partial charge is 0.349 e. The van der Waals surface area contributed by atoms with E-state index in [1.165, 1.54) is 12.1 Å². The molecule has 10 heteroatoms. The highest BCUT2D eigenvalue weighted by Gasteiger charge is 2.68. The summed E-state index contributed by atoms with van der Waals surface area (Å²) in [5, 5.41) is 32.3. The molecular weight excluding hydrogens is 518 g/mol. The molecule has 0 radical (unpaired) electrons. The molecule has 0 fully saturated rings. The first-order valence-corrected chi connectivity index (χ1v) is 13.3. The predicted molar refractivity (Wildman–Crippen MR) is 142 cm³/mol. The number of carbonyl (C=O) groups is 3. The summed E-state index contributed by atoms with van der Waals surface area (Å²) < 4.78 is 17.0. The molecular formula is C30H33NO9. The number of phenols is 1. The number of nitrogens with zero attached hydrogens (tertiary/aromatic N) is 1. The van der Waals surface area contributed by atoms with Crippen LogP contribution in [0.4, 0.5) is 0 Å². The molecule has 10 nitrogen and oxygen atoms in total. The Balaban J connectivity index is 1.33. The lowest BCUT2D eigenvalue weighted by molar-refractivity contribution is -0.165. The van der Waals surface area contributed by atoms with Gasteiger partial charge in [0.2, 0.25) is 6.10 Å². The number of benzene rings is 2. The van der Waals surface area contributed by atoms with E-state index in [1.807, 2.05) is 27.0 Å². The van der Waals surface area contributed by atoms with Gasteiger partial charge in [0.15, 0.2) is 17.6 Å². The Hall–Kier alpha value is -3.89. The molecule has 1 heterocycles. The van der Waals surface area contributed by atoms with Gasteiger partial charge in [-0.1, -0.05) is 43.3 Å². The standard InChI is InChI=1S/C30H33NO9/c1-4-31(3)21-16-18-10-11-19(32)26-24(18)29(2)27(40-26)20(14-15-30(21,29)37)38-22(33)12-13-23(34)39-25(28(35)36)17-8-6-5-7-9-17/h5-11,14,21,25,27,32,37H,4,12-13,15-16H2,1-3H3,(H,35,36)/t21-,25+,27+,29+,30-/m1/s1. The second-order valence-corrected chi connectivity index (χ2v) is 10.8. The van der Waals surface area contributed by atoms with Crippen molar-refractivity contribution in [2.45, 2.75) is 68.8 Å². The average Bonchev–Trinajstić information content (AvgIpc) is 3.28. The molecule has 2 aliphatic carbocycles. The van der Waals surface area contributed by atoms with Gasteiger partial charge < -0.3 is 34.4 Å². The third-order valence-electron chi connectivity index (χ3n) is 8.61. The number of carbonyl (C=O) groups excluding carboxylic acids is 2.